The highest BCUT2D eigenvalue weighted by Crippen LogP contribution is 2.36. The molecular formula is C22H31N3O2S. The molecule has 0 bridgehead atoms. The van der Waals surface area contributed by atoms with E-state index in [4.69, 9.17) is 0 Å². The summed E-state index contributed by atoms with van der Waals surface area (Å²) in [5.41, 5.74) is 4.87. The van der Waals surface area contributed by atoms with E-state index in [1.807, 2.05) is 6.07 Å². The Kier molecular flexibility index (Phi) is 4.67. The van der Waals surface area contributed by atoms with Crippen LogP contribution in [0.2, 0.25) is 0 Å². The lowest BCUT2D eigenvalue weighted by atomic mass is 10.0. The van der Waals surface area contributed by atoms with Gasteiger partial charge in [-0.05, 0) is 55.9 Å². The summed E-state index contributed by atoms with van der Waals surface area (Å²) in [5, 5.41) is 1.04. The fraction of sp³-hybridized carbons (Fsp3) is 0.636. The van der Waals surface area contributed by atoms with Crippen molar-refractivity contribution < 1.29 is 8.42 Å². The molecule has 1 N–H and O–H groups in total. The molecule has 3 aliphatic rings. The Morgan fingerprint density at radius 3 is 2.64 bits per heavy atom. The maximum absolute atomic E-state index is 12.4. The van der Waals surface area contributed by atoms with Gasteiger partial charge < -0.3 is 4.57 Å². The molecule has 5 rings (SSSR count). The minimum atomic E-state index is -3.22. The Morgan fingerprint density at radius 2 is 1.93 bits per heavy atom. The molecule has 2 heterocycles. The molecule has 1 aromatic carbocycles. The lowest BCUT2D eigenvalue weighted by molar-refractivity contribution is 0.180. The Bertz CT molecular complexity index is 985. The first-order chi connectivity index (χ1) is 13.6. The summed E-state index contributed by atoms with van der Waals surface area (Å²) in [4.78, 5) is 2.67. The molecule has 0 unspecified atom stereocenters. The summed E-state index contributed by atoms with van der Waals surface area (Å²) in [6.07, 6.45) is 9.16. The monoisotopic (exact) mass is 401 g/mol. The molecule has 6 heteroatoms. The number of aryl methyl sites for hydroxylation is 1. The summed E-state index contributed by atoms with van der Waals surface area (Å²) < 4.78 is 30.1. The summed E-state index contributed by atoms with van der Waals surface area (Å²) >= 11 is 0. The zero-order valence-corrected chi connectivity index (χ0v) is 17.6. The number of fused-ring (bicyclic) bond motifs is 3. The van der Waals surface area contributed by atoms with E-state index >= 15 is 0 Å². The standard InChI is InChI=1S/C22H31N3O2S/c1-2-12-25-21-10-7-16(23-28(26,27)18-8-9-18)14-19(21)20-15-24(13-11-22(20)25)17-5-3-4-6-17/h7,10,14,17-18,23H,2-6,8-9,11-13,15H2,1H3. The van der Waals surface area contributed by atoms with Crippen molar-refractivity contribution in [1.82, 2.24) is 9.47 Å². The lowest BCUT2D eigenvalue weighted by Gasteiger charge is -2.33. The molecule has 1 aromatic heterocycles. The fourth-order valence-electron chi connectivity index (χ4n) is 5.22. The van der Waals surface area contributed by atoms with E-state index < -0.39 is 10.0 Å². The normalized spacial score (nSPS) is 21.3. The van der Waals surface area contributed by atoms with Crippen molar-refractivity contribution >= 4 is 26.6 Å². The van der Waals surface area contributed by atoms with Gasteiger partial charge in [-0.25, -0.2) is 8.42 Å². The summed E-state index contributed by atoms with van der Waals surface area (Å²) in [6.45, 7) is 5.41. The third kappa shape index (κ3) is 3.24. The van der Waals surface area contributed by atoms with E-state index in [-0.39, 0.29) is 5.25 Å². The van der Waals surface area contributed by atoms with Crippen LogP contribution in [0.15, 0.2) is 18.2 Å². The number of benzene rings is 1. The SMILES string of the molecule is CCCn1c2c(c3cc(NS(=O)(=O)C4CC4)ccc31)CN(C1CCCC1)CC2. The van der Waals surface area contributed by atoms with Crippen LogP contribution in [0.1, 0.15) is 63.1 Å². The zero-order chi connectivity index (χ0) is 19.3. The van der Waals surface area contributed by atoms with Crippen LogP contribution in [0.25, 0.3) is 10.9 Å². The number of sulfonamides is 1. The average molecular weight is 402 g/mol. The molecular weight excluding hydrogens is 370 g/mol. The van der Waals surface area contributed by atoms with Crippen molar-refractivity contribution in [2.24, 2.45) is 0 Å². The molecule has 0 radical (unpaired) electrons. The first kappa shape index (κ1) is 18.5. The Labute approximate surface area is 168 Å². The summed E-state index contributed by atoms with van der Waals surface area (Å²) in [5.74, 6) is 0. The smallest absolute Gasteiger partial charge is 0.235 e. The van der Waals surface area contributed by atoms with Gasteiger partial charge in [0.2, 0.25) is 10.0 Å². The highest BCUT2D eigenvalue weighted by atomic mass is 32.2. The van der Waals surface area contributed by atoms with Gasteiger partial charge in [-0.1, -0.05) is 19.8 Å². The molecule has 5 nitrogen and oxygen atoms in total. The average Bonchev–Trinajstić information content (AvgIpc) is 3.34. The van der Waals surface area contributed by atoms with Gasteiger partial charge in [0, 0.05) is 54.4 Å². The number of aromatic nitrogens is 1. The topological polar surface area (TPSA) is 54.3 Å². The van der Waals surface area contributed by atoms with Crippen LogP contribution in [0, 0.1) is 0 Å². The fourth-order valence-corrected chi connectivity index (χ4v) is 6.60. The second-order valence-corrected chi connectivity index (χ2v) is 10.8. The maximum atomic E-state index is 12.4. The van der Waals surface area contributed by atoms with Crippen molar-refractivity contribution in [1.29, 1.82) is 0 Å². The molecule has 0 atom stereocenters. The molecule has 0 spiro atoms. The summed E-state index contributed by atoms with van der Waals surface area (Å²) in [6, 6.07) is 6.87. The van der Waals surface area contributed by atoms with Crippen LogP contribution in [-0.4, -0.2) is 35.7 Å². The van der Waals surface area contributed by atoms with Crippen LogP contribution in [0.3, 0.4) is 0 Å². The zero-order valence-electron chi connectivity index (χ0n) is 16.8. The van der Waals surface area contributed by atoms with Gasteiger partial charge in [0.1, 0.15) is 0 Å². The second-order valence-electron chi connectivity index (χ2n) is 8.81. The maximum Gasteiger partial charge on any atom is 0.235 e. The van der Waals surface area contributed by atoms with Gasteiger partial charge in [0.05, 0.1) is 5.25 Å². The highest BCUT2D eigenvalue weighted by Gasteiger charge is 2.36. The van der Waals surface area contributed by atoms with E-state index in [1.54, 1.807) is 0 Å². The predicted octanol–water partition coefficient (Wildman–Crippen LogP) is 4.26. The Morgan fingerprint density at radius 1 is 1.14 bits per heavy atom. The van der Waals surface area contributed by atoms with Gasteiger partial charge >= 0.3 is 0 Å². The van der Waals surface area contributed by atoms with E-state index in [9.17, 15) is 8.42 Å². The van der Waals surface area contributed by atoms with E-state index in [0.717, 1.165) is 51.4 Å². The van der Waals surface area contributed by atoms with Crippen LogP contribution in [0.4, 0.5) is 5.69 Å². The third-order valence-electron chi connectivity index (χ3n) is 6.80. The van der Waals surface area contributed by atoms with Gasteiger partial charge in [-0.15, -0.1) is 0 Å². The number of anilines is 1. The first-order valence-corrected chi connectivity index (χ1v) is 12.5. The van der Waals surface area contributed by atoms with Crippen LogP contribution < -0.4 is 4.72 Å². The largest absolute Gasteiger partial charge is 0.344 e. The van der Waals surface area contributed by atoms with Gasteiger partial charge in [0.15, 0.2) is 0 Å². The van der Waals surface area contributed by atoms with Crippen LogP contribution >= 0.6 is 0 Å². The second kappa shape index (κ2) is 7.06. The van der Waals surface area contributed by atoms with Crippen molar-refractivity contribution in [2.45, 2.75) is 82.7 Å². The minimum Gasteiger partial charge on any atom is -0.344 e. The number of hydrogen-bond donors (Lipinski definition) is 1. The number of nitrogens with zero attached hydrogens (tertiary/aromatic N) is 2. The van der Waals surface area contributed by atoms with Gasteiger partial charge in [-0.2, -0.15) is 0 Å². The Balaban J connectivity index is 1.53. The van der Waals surface area contributed by atoms with Crippen LogP contribution in [0.5, 0.6) is 0 Å². The molecule has 152 valence electrons. The lowest BCUT2D eigenvalue weighted by Crippen LogP contribution is -2.38. The first-order valence-electron chi connectivity index (χ1n) is 11.0. The molecule has 0 amide bonds. The molecule has 1 aliphatic heterocycles. The van der Waals surface area contributed by atoms with Crippen molar-refractivity contribution in [3.05, 3.63) is 29.5 Å². The Hall–Kier alpha value is -1.53. The summed E-state index contributed by atoms with van der Waals surface area (Å²) in [7, 11) is -3.22. The van der Waals surface area contributed by atoms with Crippen molar-refractivity contribution in [3.8, 4) is 0 Å². The van der Waals surface area contributed by atoms with E-state index in [1.165, 1.54) is 47.8 Å². The molecule has 2 aliphatic carbocycles. The molecule has 2 aromatic rings. The molecule has 0 saturated heterocycles. The van der Waals surface area contributed by atoms with Gasteiger partial charge in [-0.3, -0.25) is 9.62 Å². The van der Waals surface area contributed by atoms with E-state index in [2.05, 4.69) is 33.2 Å². The molecule has 2 saturated carbocycles. The third-order valence-corrected chi connectivity index (χ3v) is 8.66. The predicted molar refractivity (Wildman–Crippen MR) is 114 cm³/mol. The number of rotatable bonds is 6. The number of hydrogen-bond acceptors (Lipinski definition) is 3. The quantitative estimate of drug-likeness (QED) is 0.787. The minimum absolute atomic E-state index is 0.195. The van der Waals surface area contributed by atoms with Crippen LogP contribution in [-0.2, 0) is 29.5 Å². The number of nitrogens with one attached hydrogen (secondary N) is 1. The van der Waals surface area contributed by atoms with Crippen molar-refractivity contribution in [3.63, 3.8) is 0 Å². The molecule has 28 heavy (non-hydrogen) atoms. The highest BCUT2D eigenvalue weighted by molar-refractivity contribution is 7.93. The molecule has 2 fully saturated rings. The van der Waals surface area contributed by atoms with Crippen molar-refractivity contribution in [2.75, 3.05) is 11.3 Å². The van der Waals surface area contributed by atoms with E-state index in [0.29, 0.717) is 5.69 Å². The van der Waals surface area contributed by atoms with Gasteiger partial charge in [0.25, 0.3) is 0 Å².